The van der Waals surface area contributed by atoms with Crippen molar-refractivity contribution in [3.8, 4) is 0 Å². The van der Waals surface area contributed by atoms with Gasteiger partial charge < -0.3 is 15.0 Å². The highest BCUT2D eigenvalue weighted by Gasteiger charge is 2.27. The third-order valence-corrected chi connectivity index (χ3v) is 9.09. The smallest absolute Gasteiger partial charge is 0.338 e. The van der Waals surface area contributed by atoms with Crippen LogP contribution in [0.25, 0.3) is 0 Å². The summed E-state index contributed by atoms with van der Waals surface area (Å²) in [5, 5.41) is 3.19. The first-order valence-corrected chi connectivity index (χ1v) is 18.8. The number of carbonyl (C=O) groups excluding carboxylic acids is 2. The van der Waals surface area contributed by atoms with E-state index in [-0.39, 0.29) is 0 Å². The standard InChI is InChI=1S/C37H57ClN4O5S/c1-8-10-11-12-13-14-15-16-17-18-25-47-36(44)29-19-21-31(38)33(27-29)41-35(43)34(37(4,5)6)40-32-22-20-30(26-28(32)3)42(9-2)24-23-39-48(45)46-7/h19-22,26-27,39H,8-18,23-25H2,1-7H3,(H,41,43). The van der Waals surface area contributed by atoms with Gasteiger partial charge in [0.2, 0.25) is 11.3 Å². The topological polar surface area (TPSA) is 109 Å². The lowest BCUT2D eigenvalue weighted by Crippen LogP contribution is -2.34. The van der Waals surface area contributed by atoms with E-state index in [1.165, 1.54) is 52.1 Å². The average molecular weight is 705 g/mol. The van der Waals surface area contributed by atoms with Gasteiger partial charge in [0.15, 0.2) is 0 Å². The van der Waals surface area contributed by atoms with Crippen LogP contribution in [0.5, 0.6) is 0 Å². The van der Waals surface area contributed by atoms with Crippen molar-refractivity contribution in [1.29, 1.82) is 0 Å². The Morgan fingerprint density at radius 3 is 2.17 bits per heavy atom. The van der Waals surface area contributed by atoms with Gasteiger partial charge in [-0.1, -0.05) is 97.1 Å². The Bertz CT molecular complexity index is 1360. The number of hydrogen-bond acceptors (Lipinski definition) is 7. The first-order chi connectivity index (χ1) is 22.9. The van der Waals surface area contributed by atoms with Crippen LogP contribution in [-0.4, -0.2) is 55.1 Å². The van der Waals surface area contributed by atoms with Gasteiger partial charge in [0, 0.05) is 30.7 Å². The van der Waals surface area contributed by atoms with E-state index in [0.29, 0.717) is 47.4 Å². The van der Waals surface area contributed by atoms with E-state index in [9.17, 15) is 13.8 Å². The van der Waals surface area contributed by atoms with Crippen molar-refractivity contribution in [2.45, 2.75) is 106 Å². The molecule has 1 atom stereocenters. The molecule has 48 heavy (non-hydrogen) atoms. The van der Waals surface area contributed by atoms with Gasteiger partial charge in [-0.15, -0.1) is 0 Å². The SMILES string of the molecule is CCCCCCCCCCCCOC(=O)c1ccc(Cl)c(NC(=O)C(=Nc2ccc(N(CC)CCNS(=O)OC)cc2C)C(C)(C)C)c1. The van der Waals surface area contributed by atoms with Gasteiger partial charge >= 0.3 is 5.97 Å². The first kappa shape index (κ1) is 41.4. The minimum absolute atomic E-state index is 0.312. The lowest BCUT2D eigenvalue weighted by molar-refractivity contribution is -0.110. The van der Waals surface area contributed by atoms with E-state index in [4.69, 9.17) is 25.5 Å². The zero-order valence-electron chi connectivity index (χ0n) is 30.1. The van der Waals surface area contributed by atoms with Crippen LogP contribution in [-0.2, 0) is 25.0 Å². The van der Waals surface area contributed by atoms with Crippen LogP contribution >= 0.6 is 11.6 Å². The fraction of sp³-hybridized carbons (Fsp3) is 0.595. The Morgan fingerprint density at radius 2 is 1.58 bits per heavy atom. The van der Waals surface area contributed by atoms with Crippen molar-refractivity contribution in [2.75, 3.05) is 43.6 Å². The predicted molar refractivity (Wildman–Crippen MR) is 201 cm³/mol. The second kappa shape index (κ2) is 22.0. The molecule has 0 saturated carbocycles. The van der Waals surface area contributed by atoms with Crippen LogP contribution in [0.4, 0.5) is 17.1 Å². The van der Waals surface area contributed by atoms with Gasteiger partial charge in [-0.2, -0.15) is 0 Å². The van der Waals surface area contributed by atoms with Crippen LogP contribution in [0.15, 0.2) is 41.4 Å². The minimum Gasteiger partial charge on any atom is -0.462 e. The molecular weight excluding hydrogens is 648 g/mol. The number of halogens is 1. The van der Waals surface area contributed by atoms with E-state index in [1.54, 1.807) is 18.2 Å². The van der Waals surface area contributed by atoms with E-state index in [1.807, 2.05) is 45.9 Å². The van der Waals surface area contributed by atoms with Crippen LogP contribution in [0, 0.1) is 12.3 Å². The molecule has 2 aromatic carbocycles. The summed E-state index contributed by atoms with van der Waals surface area (Å²) in [5.41, 5.74) is 2.94. The average Bonchev–Trinajstić information content (AvgIpc) is 3.05. The van der Waals surface area contributed by atoms with Crippen molar-refractivity contribution in [3.63, 3.8) is 0 Å². The molecule has 1 unspecified atom stereocenters. The number of aryl methyl sites for hydroxylation is 1. The van der Waals surface area contributed by atoms with Gasteiger partial charge in [-0.3, -0.25) is 8.98 Å². The molecule has 0 spiro atoms. The third kappa shape index (κ3) is 14.8. The zero-order chi connectivity index (χ0) is 35.5. The van der Waals surface area contributed by atoms with E-state index >= 15 is 0 Å². The molecular formula is C37H57ClN4O5S. The van der Waals surface area contributed by atoms with Crippen molar-refractivity contribution in [3.05, 3.63) is 52.5 Å². The van der Waals surface area contributed by atoms with E-state index in [0.717, 1.165) is 37.1 Å². The summed E-state index contributed by atoms with van der Waals surface area (Å²) in [6.45, 7) is 14.3. The molecule has 1 amide bonds. The maximum atomic E-state index is 13.6. The molecule has 2 rings (SSSR count). The fourth-order valence-electron chi connectivity index (χ4n) is 5.20. The van der Waals surface area contributed by atoms with Gasteiger partial charge in [-0.05, 0) is 62.2 Å². The molecule has 0 aromatic heterocycles. The number of likely N-dealkylation sites (N-methyl/N-ethyl adjacent to an activating group) is 1. The second-order valence-electron chi connectivity index (χ2n) is 13.0. The quantitative estimate of drug-likeness (QED) is 0.0719. The van der Waals surface area contributed by atoms with Gasteiger partial charge in [0.25, 0.3) is 5.91 Å². The number of anilines is 2. The number of ether oxygens (including phenoxy) is 1. The number of amides is 1. The number of rotatable bonds is 22. The highest BCUT2D eigenvalue weighted by atomic mass is 35.5. The van der Waals surface area contributed by atoms with Crippen LogP contribution in [0.3, 0.4) is 0 Å². The Kier molecular flexibility index (Phi) is 19.0. The zero-order valence-corrected chi connectivity index (χ0v) is 31.7. The van der Waals surface area contributed by atoms with Gasteiger partial charge in [0.1, 0.15) is 5.71 Å². The Labute approximate surface area is 296 Å². The molecule has 0 heterocycles. The van der Waals surface area contributed by atoms with Gasteiger partial charge in [0.05, 0.1) is 35.7 Å². The van der Waals surface area contributed by atoms with Crippen LogP contribution < -0.4 is 14.9 Å². The molecule has 0 aliphatic rings. The van der Waals surface area contributed by atoms with Crippen molar-refractivity contribution < 1.29 is 22.7 Å². The number of hydrogen-bond donors (Lipinski definition) is 2. The summed E-state index contributed by atoms with van der Waals surface area (Å²) >= 11 is 4.94. The molecule has 0 radical (unpaired) electrons. The number of nitrogens with zero attached hydrogens (tertiary/aromatic N) is 2. The number of carbonyl (C=O) groups is 2. The monoisotopic (exact) mass is 704 g/mol. The maximum Gasteiger partial charge on any atom is 0.338 e. The number of unbranched alkanes of at least 4 members (excludes halogenated alkanes) is 9. The lowest BCUT2D eigenvalue weighted by atomic mass is 9.89. The highest BCUT2D eigenvalue weighted by Crippen LogP contribution is 2.29. The lowest BCUT2D eigenvalue weighted by Gasteiger charge is -2.24. The molecule has 0 bridgehead atoms. The largest absolute Gasteiger partial charge is 0.462 e. The molecule has 268 valence electrons. The number of benzene rings is 2. The maximum absolute atomic E-state index is 13.6. The molecule has 2 N–H and O–H groups in total. The van der Waals surface area contributed by atoms with Crippen LogP contribution in [0.1, 0.15) is 115 Å². The number of esters is 1. The van der Waals surface area contributed by atoms with Crippen molar-refractivity contribution >= 4 is 57.5 Å². The normalized spacial score (nSPS) is 12.5. The minimum atomic E-state index is -1.52. The highest BCUT2D eigenvalue weighted by molar-refractivity contribution is 7.78. The molecule has 2 aromatic rings. The molecule has 0 aliphatic heterocycles. The van der Waals surface area contributed by atoms with Crippen LogP contribution in [0.2, 0.25) is 5.02 Å². The Morgan fingerprint density at radius 1 is 0.938 bits per heavy atom. The third-order valence-electron chi connectivity index (χ3n) is 8.02. The Balaban J connectivity index is 2.04. The molecule has 0 aliphatic carbocycles. The van der Waals surface area contributed by atoms with E-state index in [2.05, 4.69) is 28.8 Å². The van der Waals surface area contributed by atoms with Crippen molar-refractivity contribution in [1.82, 2.24) is 4.72 Å². The summed E-state index contributed by atoms with van der Waals surface area (Å²) in [4.78, 5) is 33.4. The number of nitrogens with one attached hydrogen (secondary N) is 2. The molecule has 0 saturated heterocycles. The molecule has 11 heteroatoms. The fourth-order valence-corrected chi connectivity index (χ4v) is 5.74. The Hall–Kier alpha value is -2.79. The summed E-state index contributed by atoms with van der Waals surface area (Å²) in [5.74, 6) is -0.849. The summed E-state index contributed by atoms with van der Waals surface area (Å²) in [7, 11) is 1.39. The second-order valence-corrected chi connectivity index (χ2v) is 14.5. The summed E-state index contributed by atoms with van der Waals surface area (Å²) in [6.07, 6.45) is 12.1. The molecule has 0 fully saturated rings. The summed E-state index contributed by atoms with van der Waals surface area (Å²) in [6, 6.07) is 10.6. The predicted octanol–water partition coefficient (Wildman–Crippen LogP) is 9.12. The number of aliphatic imine (C=N–C) groups is 1. The van der Waals surface area contributed by atoms with E-state index < -0.39 is 28.6 Å². The van der Waals surface area contributed by atoms with Gasteiger partial charge in [-0.25, -0.2) is 18.7 Å². The summed E-state index contributed by atoms with van der Waals surface area (Å²) < 4.78 is 24.6. The first-order valence-electron chi connectivity index (χ1n) is 17.3. The molecule has 9 nitrogen and oxygen atoms in total. The van der Waals surface area contributed by atoms with Crippen molar-refractivity contribution in [2.24, 2.45) is 10.4 Å².